The van der Waals surface area contributed by atoms with E-state index in [1.165, 1.54) is 25.7 Å². The van der Waals surface area contributed by atoms with Crippen LogP contribution in [0.3, 0.4) is 0 Å². The maximum absolute atomic E-state index is 12.4. The van der Waals surface area contributed by atoms with E-state index in [1.807, 2.05) is 25.7 Å². The molecule has 1 saturated carbocycles. The van der Waals surface area contributed by atoms with Gasteiger partial charge in [-0.3, -0.25) is 0 Å². The lowest BCUT2D eigenvalue weighted by Gasteiger charge is -2.31. The zero-order chi connectivity index (χ0) is 17.0. The predicted molar refractivity (Wildman–Crippen MR) is 94.6 cm³/mol. The third kappa shape index (κ3) is 5.66. The fourth-order valence-corrected chi connectivity index (χ4v) is 4.16. The Morgan fingerprint density at radius 3 is 2.43 bits per heavy atom. The molecule has 2 fully saturated rings. The molecule has 23 heavy (non-hydrogen) atoms. The molecule has 0 radical (unpaired) electrons. The van der Waals surface area contributed by atoms with E-state index in [4.69, 9.17) is 4.74 Å². The van der Waals surface area contributed by atoms with Crippen LogP contribution in [0.25, 0.3) is 0 Å². The monoisotopic (exact) mass is 324 g/mol. The molecule has 2 rings (SSSR count). The first-order valence-corrected chi connectivity index (χ1v) is 9.52. The molecule has 0 aromatic rings. The van der Waals surface area contributed by atoms with Gasteiger partial charge in [-0.25, -0.2) is 4.79 Å². The van der Waals surface area contributed by atoms with Crippen molar-refractivity contribution in [3.05, 3.63) is 0 Å². The van der Waals surface area contributed by atoms with Crippen LogP contribution in [-0.4, -0.2) is 41.3 Å². The van der Waals surface area contributed by atoms with Crippen LogP contribution in [0, 0.1) is 5.92 Å². The minimum atomic E-state index is -0.412. The quantitative estimate of drug-likeness (QED) is 0.818. The highest BCUT2D eigenvalue weighted by Gasteiger charge is 2.33. The highest BCUT2D eigenvalue weighted by Crippen LogP contribution is 2.29. The normalized spacial score (nSPS) is 25.6. The summed E-state index contributed by atoms with van der Waals surface area (Å²) in [5, 5.41) is 3.78. The number of likely N-dealkylation sites (tertiary alicyclic amines) is 1. The molecule has 1 amide bonds. The molecule has 1 N–H and O–H groups in total. The molecular formula is C19H36N2O2. The summed E-state index contributed by atoms with van der Waals surface area (Å²) < 4.78 is 5.56. The molecule has 2 aliphatic rings. The largest absolute Gasteiger partial charge is 0.444 e. The van der Waals surface area contributed by atoms with Crippen LogP contribution in [-0.2, 0) is 4.74 Å². The van der Waals surface area contributed by atoms with Crippen molar-refractivity contribution in [3.63, 3.8) is 0 Å². The Hall–Kier alpha value is -0.770. The van der Waals surface area contributed by atoms with E-state index in [0.717, 1.165) is 31.7 Å². The molecule has 134 valence electrons. The molecule has 4 heteroatoms. The Balaban J connectivity index is 1.81. The van der Waals surface area contributed by atoms with Gasteiger partial charge in [0.05, 0.1) is 0 Å². The molecule has 4 nitrogen and oxygen atoms in total. The summed E-state index contributed by atoms with van der Waals surface area (Å²) in [5.74, 6) is 0.836. The standard InChI is InChI=1S/C19H36N2O2/c1-14(20-15(2)16-9-6-7-10-16)13-17-11-8-12-21(17)18(22)23-19(3,4)5/h14-17,20H,6-13H2,1-5H3. The zero-order valence-electron chi connectivity index (χ0n) is 15.7. The number of nitrogens with one attached hydrogen (secondary N) is 1. The number of carbonyl (C=O) groups excluding carboxylic acids is 1. The Morgan fingerprint density at radius 2 is 1.83 bits per heavy atom. The van der Waals surface area contributed by atoms with Crippen molar-refractivity contribution in [2.24, 2.45) is 5.92 Å². The van der Waals surface area contributed by atoms with E-state index in [9.17, 15) is 4.79 Å². The van der Waals surface area contributed by atoms with Crippen LogP contribution < -0.4 is 5.32 Å². The Labute approximate surface area is 142 Å². The number of amides is 1. The Bertz CT molecular complexity index is 385. The average molecular weight is 325 g/mol. The van der Waals surface area contributed by atoms with Gasteiger partial charge < -0.3 is 15.0 Å². The van der Waals surface area contributed by atoms with Crippen molar-refractivity contribution < 1.29 is 9.53 Å². The number of hydrogen-bond donors (Lipinski definition) is 1. The second-order valence-corrected chi connectivity index (χ2v) is 8.61. The first-order valence-electron chi connectivity index (χ1n) is 9.52. The van der Waals surface area contributed by atoms with Crippen LogP contribution in [0.4, 0.5) is 4.79 Å². The van der Waals surface area contributed by atoms with Gasteiger partial charge in [0.1, 0.15) is 5.60 Å². The third-order valence-electron chi connectivity index (χ3n) is 5.29. The van der Waals surface area contributed by atoms with Crippen molar-refractivity contribution in [1.29, 1.82) is 0 Å². The van der Waals surface area contributed by atoms with Crippen LogP contribution >= 0.6 is 0 Å². The van der Waals surface area contributed by atoms with Gasteiger partial charge in [0, 0.05) is 24.7 Å². The lowest BCUT2D eigenvalue weighted by atomic mass is 9.97. The number of ether oxygens (including phenoxy) is 1. The molecule has 0 bridgehead atoms. The Morgan fingerprint density at radius 1 is 1.17 bits per heavy atom. The molecule has 1 heterocycles. The number of carbonyl (C=O) groups is 1. The Kier molecular flexibility index (Phi) is 6.35. The van der Waals surface area contributed by atoms with Gasteiger partial charge in [0.15, 0.2) is 0 Å². The minimum absolute atomic E-state index is 0.143. The van der Waals surface area contributed by atoms with Crippen LogP contribution in [0.15, 0.2) is 0 Å². The summed E-state index contributed by atoms with van der Waals surface area (Å²) in [5.41, 5.74) is -0.412. The van der Waals surface area contributed by atoms with Gasteiger partial charge in [-0.1, -0.05) is 12.8 Å². The molecule has 3 unspecified atom stereocenters. The van der Waals surface area contributed by atoms with Crippen LogP contribution in [0.1, 0.15) is 79.6 Å². The first kappa shape index (κ1) is 18.6. The third-order valence-corrected chi connectivity index (χ3v) is 5.29. The van der Waals surface area contributed by atoms with Crippen molar-refractivity contribution in [2.75, 3.05) is 6.54 Å². The fourth-order valence-electron chi connectivity index (χ4n) is 4.16. The molecular weight excluding hydrogens is 288 g/mol. The lowest BCUT2D eigenvalue weighted by molar-refractivity contribution is 0.0213. The van der Waals surface area contributed by atoms with E-state index in [1.54, 1.807) is 0 Å². The van der Waals surface area contributed by atoms with E-state index < -0.39 is 5.60 Å². The highest BCUT2D eigenvalue weighted by molar-refractivity contribution is 5.68. The fraction of sp³-hybridized carbons (Fsp3) is 0.947. The van der Waals surface area contributed by atoms with Gasteiger partial charge in [-0.2, -0.15) is 0 Å². The molecule has 0 aromatic carbocycles. The van der Waals surface area contributed by atoms with E-state index >= 15 is 0 Å². The average Bonchev–Trinajstić information content (AvgIpc) is 3.06. The summed E-state index contributed by atoms with van der Waals surface area (Å²) in [6.07, 6.45) is 8.59. The SMILES string of the molecule is CC(CC1CCCN1C(=O)OC(C)(C)C)NC(C)C1CCCC1. The summed E-state index contributed by atoms with van der Waals surface area (Å²) in [4.78, 5) is 14.3. The van der Waals surface area contributed by atoms with Crippen LogP contribution in [0.5, 0.6) is 0 Å². The highest BCUT2D eigenvalue weighted by atomic mass is 16.6. The molecule has 1 aliphatic carbocycles. The second kappa shape index (κ2) is 7.87. The van der Waals surface area contributed by atoms with E-state index in [2.05, 4.69) is 19.2 Å². The summed E-state index contributed by atoms with van der Waals surface area (Å²) in [7, 11) is 0. The van der Waals surface area contributed by atoms with Crippen molar-refractivity contribution in [3.8, 4) is 0 Å². The van der Waals surface area contributed by atoms with E-state index in [-0.39, 0.29) is 6.09 Å². The molecule has 0 spiro atoms. The van der Waals surface area contributed by atoms with Gasteiger partial charge in [-0.05, 0) is 72.6 Å². The lowest BCUT2D eigenvalue weighted by Crippen LogP contribution is -2.45. The van der Waals surface area contributed by atoms with Gasteiger partial charge >= 0.3 is 6.09 Å². The number of hydrogen-bond acceptors (Lipinski definition) is 3. The van der Waals surface area contributed by atoms with Gasteiger partial charge in [0.2, 0.25) is 0 Å². The molecule has 3 atom stereocenters. The number of rotatable bonds is 5. The maximum Gasteiger partial charge on any atom is 0.410 e. The maximum atomic E-state index is 12.4. The van der Waals surface area contributed by atoms with Crippen molar-refractivity contribution in [1.82, 2.24) is 10.2 Å². The zero-order valence-corrected chi connectivity index (χ0v) is 15.7. The van der Waals surface area contributed by atoms with Crippen molar-refractivity contribution >= 4 is 6.09 Å². The summed E-state index contributed by atoms with van der Waals surface area (Å²) >= 11 is 0. The van der Waals surface area contributed by atoms with Crippen molar-refractivity contribution in [2.45, 2.75) is 103 Å². The summed E-state index contributed by atoms with van der Waals surface area (Å²) in [6.45, 7) is 11.2. The van der Waals surface area contributed by atoms with Gasteiger partial charge in [-0.15, -0.1) is 0 Å². The topological polar surface area (TPSA) is 41.6 Å². The van der Waals surface area contributed by atoms with Gasteiger partial charge in [0.25, 0.3) is 0 Å². The predicted octanol–water partition coefficient (Wildman–Crippen LogP) is 4.33. The molecule has 0 aromatic heterocycles. The second-order valence-electron chi connectivity index (χ2n) is 8.61. The summed E-state index contributed by atoms with van der Waals surface area (Å²) in [6, 6.07) is 1.35. The van der Waals surface area contributed by atoms with Crippen LogP contribution in [0.2, 0.25) is 0 Å². The number of nitrogens with zero attached hydrogens (tertiary/aromatic N) is 1. The van der Waals surface area contributed by atoms with E-state index in [0.29, 0.717) is 18.1 Å². The minimum Gasteiger partial charge on any atom is -0.444 e. The first-order chi connectivity index (χ1) is 10.8. The smallest absolute Gasteiger partial charge is 0.410 e. The molecule has 1 aliphatic heterocycles. The molecule has 1 saturated heterocycles.